The molecule has 0 spiro atoms. The van der Waals surface area contributed by atoms with Crippen LogP contribution >= 0.6 is 0 Å². The van der Waals surface area contributed by atoms with Gasteiger partial charge in [-0.2, -0.15) is 29.3 Å². The second-order valence-corrected chi connectivity index (χ2v) is 16.6. The Morgan fingerprint density at radius 1 is 0.720 bits per heavy atom. The van der Waals surface area contributed by atoms with Gasteiger partial charge in [-0.15, -0.1) is 6.92 Å². The second-order valence-electron chi connectivity index (χ2n) is 15.8. The van der Waals surface area contributed by atoms with Crippen LogP contribution < -0.4 is 24.8 Å². The zero-order chi connectivity index (χ0) is 34.3. The van der Waals surface area contributed by atoms with E-state index in [4.69, 9.17) is 0 Å². The summed E-state index contributed by atoms with van der Waals surface area (Å²) in [7, 11) is 0. The molecular weight excluding hydrogens is 683 g/mol. The van der Waals surface area contributed by atoms with E-state index in [9.17, 15) is 0 Å². The molecule has 0 heterocycles. The van der Waals surface area contributed by atoms with E-state index in [1.54, 1.807) is 28.2 Å². The van der Waals surface area contributed by atoms with Crippen molar-refractivity contribution in [1.29, 1.82) is 0 Å². The summed E-state index contributed by atoms with van der Waals surface area (Å²) in [6, 6.07) is 40.1. The summed E-state index contributed by atoms with van der Waals surface area (Å²) in [4.78, 5) is 0. The van der Waals surface area contributed by atoms with Crippen LogP contribution in [0.15, 0.2) is 144 Å². The van der Waals surface area contributed by atoms with Crippen molar-refractivity contribution in [3.05, 3.63) is 172 Å². The van der Waals surface area contributed by atoms with Crippen LogP contribution in [-0.2, 0) is 26.4 Å². The van der Waals surface area contributed by atoms with E-state index < -0.39 is 0 Å². The van der Waals surface area contributed by atoms with Crippen molar-refractivity contribution in [3.63, 3.8) is 0 Å². The van der Waals surface area contributed by atoms with E-state index in [1.165, 1.54) is 38.9 Å². The van der Waals surface area contributed by atoms with E-state index in [2.05, 4.69) is 160 Å². The average Bonchev–Trinajstić information content (AvgIpc) is 3.81. The van der Waals surface area contributed by atoms with Gasteiger partial charge in [0.25, 0.3) is 0 Å². The van der Waals surface area contributed by atoms with Crippen LogP contribution in [0.3, 0.4) is 0 Å². The minimum Gasteiger partial charge on any atom is -0.214 e. The quantitative estimate of drug-likeness (QED) is 0.171. The van der Waals surface area contributed by atoms with Crippen molar-refractivity contribution in [3.8, 4) is 0 Å². The number of hydrogen-bond acceptors (Lipinski definition) is 0. The van der Waals surface area contributed by atoms with Crippen molar-refractivity contribution in [2.45, 2.75) is 74.7 Å². The molecule has 8 rings (SSSR count). The normalized spacial score (nSPS) is 22.8. The van der Waals surface area contributed by atoms with Crippen LogP contribution in [0.25, 0.3) is 5.57 Å². The minimum absolute atomic E-state index is 0. The standard InChI is InChI=1S/C29H37.C13H10.C5H5.2ClH.Ti/c1-18-25-22-17-19-13-9-10-14-20(19)24(22)21-15-11-12-16-23(21)29(25,8)28(6,7)27(4,5)26(18,2)3;1-3-7-12(8-4-1)11-13-9-5-2-6-10-13;1-2-4-5-3-1;;;/h9-11,13-15,23H,12,16-17H2,1-8H3;1-10H;1-5H;2*1H;/q-1;;-1;;;+2/p-2. The molecule has 0 saturated heterocycles. The van der Waals surface area contributed by atoms with Gasteiger partial charge in [-0.05, 0) is 40.6 Å². The van der Waals surface area contributed by atoms with Crippen molar-refractivity contribution >= 4 is 9.38 Å². The molecule has 4 aromatic carbocycles. The topological polar surface area (TPSA) is 0 Å². The Morgan fingerprint density at radius 2 is 1.26 bits per heavy atom. The first-order valence-corrected chi connectivity index (χ1v) is 18.6. The number of benzene rings is 3. The van der Waals surface area contributed by atoms with Gasteiger partial charge in [-0.3, -0.25) is 0 Å². The maximum Gasteiger partial charge on any atom is -0.172 e. The summed E-state index contributed by atoms with van der Waals surface area (Å²) >= 11 is 2.16. The van der Waals surface area contributed by atoms with Crippen LogP contribution in [-0.4, -0.2) is 3.81 Å². The molecule has 0 amide bonds. The molecule has 0 aliphatic heterocycles. The summed E-state index contributed by atoms with van der Waals surface area (Å²) in [5.74, 6) is 2.24. The molecule has 0 N–H and O–H groups in total. The number of allylic oxidation sites excluding steroid dienone is 6. The van der Waals surface area contributed by atoms with Gasteiger partial charge in [-0.25, -0.2) is 18.1 Å². The first-order chi connectivity index (χ1) is 22.9. The molecule has 1 saturated carbocycles. The molecule has 2 unspecified atom stereocenters. The van der Waals surface area contributed by atoms with Gasteiger partial charge in [0.2, 0.25) is 0 Å². The number of hydrogen-bond donors (Lipinski definition) is 0. The third kappa shape index (κ3) is 6.45. The Hall–Kier alpha value is -2.74. The first-order valence-electron chi connectivity index (χ1n) is 17.8. The Morgan fingerprint density at radius 3 is 1.80 bits per heavy atom. The molecule has 50 heavy (non-hydrogen) atoms. The smallest absolute Gasteiger partial charge is 0.172 e. The Labute approximate surface area is 326 Å². The summed E-state index contributed by atoms with van der Waals surface area (Å²) in [6.07, 6.45) is 8.50. The third-order valence-electron chi connectivity index (χ3n) is 13.5. The van der Waals surface area contributed by atoms with Crippen molar-refractivity contribution in [2.75, 3.05) is 0 Å². The van der Waals surface area contributed by atoms with E-state index in [-0.39, 0.29) is 46.5 Å². The average molecular weight is 736 g/mol. The molecule has 0 bridgehead atoms. The molecule has 4 aromatic rings. The maximum absolute atomic E-state index is 2.62. The number of fused-ring (bicyclic) bond motifs is 6. The molecule has 0 aromatic heterocycles. The molecule has 0 nitrogen and oxygen atoms in total. The number of halogens is 2. The molecule has 1 fully saturated rings. The minimum atomic E-state index is 0. The summed E-state index contributed by atoms with van der Waals surface area (Å²) in [5.41, 5.74) is 12.9. The van der Waals surface area contributed by atoms with Gasteiger partial charge in [-0.1, -0.05) is 113 Å². The van der Waals surface area contributed by atoms with Crippen LogP contribution in [0.2, 0.25) is 0 Å². The maximum atomic E-state index is 2.62. The molecule has 4 aliphatic carbocycles. The van der Waals surface area contributed by atoms with Gasteiger partial charge >= 0.3 is 95.6 Å². The summed E-state index contributed by atoms with van der Waals surface area (Å²) in [5, 5.41) is 0. The van der Waals surface area contributed by atoms with Crippen LogP contribution in [0.4, 0.5) is 0 Å². The van der Waals surface area contributed by atoms with Crippen LogP contribution in [0.5, 0.6) is 0 Å². The Kier molecular flexibility index (Phi) is 12.4. The molecule has 260 valence electrons. The van der Waals surface area contributed by atoms with Gasteiger partial charge in [0, 0.05) is 0 Å². The first kappa shape index (κ1) is 40.0. The van der Waals surface area contributed by atoms with Crippen LogP contribution in [0.1, 0.15) is 90.5 Å². The molecule has 0 radical (unpaired) electrons. The largest absolute Gasteiger partial charge is 0.214 e. The van der Waals surface area contributed by atoms with E-state index >= 15 is 0 Å². The van der Waals surface area contributed by atoms with Gasteiger partial charge in [0.1, 0.15) is 0 Å². The van der Waals surface area contributed by atoms with Crippen LogP contribution in [0, 0.1) is 33.5 Å². The van der Waals surface area contributed by atoms with Crippen molar-refractivity contribution in [1.82, 2.24) is 0 Å². The predicted molar refractivity (Wildman–Crippen MR) is 202 cm³/mol. The number of rotatable bonds is 2. The van der Waals surface area contributed by atoms with Gasteiger partial charge < -0.3 is 24.8 Å². The zero-order valence-corrected chi connectivity index (χ0v) is 34.2. The fourth-order valence-corrected chi connectivity index (χ4v) is 9.79. The molecule has 4 aliphatic rings. The van der Waals surface area contributed by atoms with Crippen molar-refractivity contribution in [2.24, 2.45) is 27.6 Å². The molecule has 3 heteroatoms. The SMILES string of the molecule is C[C-]1C2=C3Cc4ccccc4C3=C3C=CCCC3C2(C)C(C)(C)C(C)(C)C1(C)C.[Cl-].[Cl-].[Ti+2]=[C](c1ccccc1)c1ccccc1.c1cc[cH-]c1. The second kappa shape index (κ2) is 15.5. The zero-order valence-electron chi connectivity index (χ0n) is 31.1. The predicted octanol–water partition coefficient (Wildman–Crippen LogP) is 6.18. The van der Waals surface area contributed by atoms with E-state index in [0.29, 0.717) is 5.92 Å². The van der Waals surface area contributed by atoms with E-state index in [1.807, 2.05) is 42.5 Å². The fourth-order valence-electron chi connectivity index (χ4n) is 9.27. The Balaban J connectivity index is 0.000000223. The third-order valence-corrected chi connectivity index (χ3v) is 14.4. The molecule has 2 atom stereocenters. The fraction of sp³-hybridized carbons (Fsp3) is 0.340. The molecular formula is C47H52Cl2Ti-2. The monoisotopic (exact) mass is 734 g/mol. The van der Waals surface area contributed by atoms with E-state index in [0.717, 1.165) is 6.42 Å². The Bertz CT molecular complexity index is 1800. The van der Waals surface area contributed by atoms with Crippen molar-refractivity contribution < 1.29 is 44.8 Å². The summed E-state index contributed by atoms with van der Waals surface area (Å²) < 4.78 is 1.33. The van der Waals surface area contributed by atoms with Gasteiger partial charge in [0.05, 0.1) is 0 Å². The summed E-state index contributed by atoms with van der Waals surface area (Å²) in [6.45, 7) is 20.3. The van der Waals surface area contributed by atoms with Gasteiger partial charge in [0.15, 0.2) is 0 Å².